The fraction of sp³-hybridized carbons (Fsp3) is 0.263. The van der Waals surface area contributed by atoms with Crippen LogP contribution in [0.15, 0.2) is 42.5 Å². The number of phenolic OH excluding ortho intramolecular Hbond substituents is 2. The lowest BCUT2D eigenvalue weighted by molar-refractivity contribution is 0.471. The molecule has 0 fully saturated rings. The largest absolute Gasteiger partial charge is 0.508 e. The first-order valence-corrected chi connectivity index (χ1v) is 7.26. The summed E-state index contributed by atoms with van der Waals surface area (Å²) < 4.78 is 0. The van der Waals surface area contributed by atoms with Gasteiger partial charge < -0.3 is 10.2 Å². The topological polar surface area (TPSA) is 40.5 Å². The molecule has 0 saturated heterocycles. The number of hydrogen-bond acceptors (Lipinski definition) is 2. The van der Waals surface area contributed by atoms with E-state index in [1.807, 2.05) is 58.9 Å². The Bertz CT molecular complexity index is 640. The summed E-state index contributed by atoms with van der Waals surface area (Å²) in [6.45, 7) is 9.97. The lowest BCUT2D eigenvalue weighted by atomic mass is 9.96. The number of benzene rings is 2. The molecule has 0 saturated carbocycles. The van der Waals surface area contributed by atoms with E-state index >= 15 is 0 Å². The van der Waals surface area contributed by atoms with Crippen molar-refractivity contribution in [3.8, 4) is 11.5 Å². The van der Waals surface area contributed by atoms with Crippen molar-refractivity contribution >= 4 is 11.1 Å². The Morgan fingerprint density at radius 2 is 1.38 bits per heavy atom. The maximum atomic E-state index is 9.57. The average Bonchev–Trinajstić information content (AvgIpc) is 2.50. The molecule has 2 aromatic carbocycles. The van der Waals surface area contributed by atoms with E-state index in [1.165, 1.54) is 0 Å². The minimum atomic E-state index is 0.270. The van der Waals surface area contributed by atoms with Gasteiger partial charge in [-0.15, -0.1) is 0 Å². The highest BCUT2D eigenvalue weighted by molar-refractivity contribution is 5.89. The highest BCUT2D eigenvalue weighted by Gasteiger charge is 2.05. The summed E-state index contributed by atoms with van der Waals surface area (Å²) in [4.78, 5) is 0. The van der Waals surface area contributed by atoms with Crippen molar-refractivity contribution in [2.24, 2.45) is 0 Å². The third kappa shape index (κ3) is 4.12. The van der Waals surface area contributed by atoms with E-state index < -0.39 is 0 Å². The van der Waals surface area contributed by atoms with Crippen molar-refractivity contribution in [2.45, 2.75) is 34.6 Å². The van der Waals surface area contributed by atoms with Gasteiger partial charge in [0, 0.05) is 0 Å². The maximum Gasteiger partial charge on any atom is 0.118 e. The first-order chi connectivity index (χ1) is 9.99. The van der Waals surface area contributed by atoms with Gasteiger partial charge in [-0.1, -0.05) is 32.0 Å². The van der Waals surface area contributed by atoms with Crippen LogP contribution in [0.5, 0.6) is 11.5 Å². The van der Waals surface area contributed by atoms with E-state index in [9.17, 15) is 10.2 Å². The summed E-state index contributed by atoms with van der Waals surface area (Å²) in [5, 5.41) is 19.1. The Labute approximate surface area is 127 Å². The van der Waals surface area contributed by atoms with Crippen molar-refractivity contribution in [1.82, 2.24) is 0 Å². The molecule has 0 aromatic heterocycles. The Hall–Kier alpha value is -2.22. The Morgan fingerprint density at radius 1 is 0.810 bits per heavy atom. The lowest BCUT2D eigenvalue weighted by Gasteiger charge is -2.10. The SMILES string of the molecule is C/C(=C(/C)c1ccc(O)c(C)c1)c1cccc(O)c1.CC. The second kappa shape index (κ2) is 7.53. The molecule has 0 atom stereocenters. The molecule has 0 aliphatic heterocycles. The Morgan fingerprint density at radius 3 is 1.90 bits per heavy atom. The van der Waals surface area contributed by atoms with Crippen molar-refractivity contribution in [2.75, 3.05) is 0 Å². The number of aromatic hydroxyl groups is 2. The standard InChI is InChI=1S/C17H18O2.C2H6/c1-11-9-15(7-8-17(11)19)13(3)12(2)14-5-4-6-16(18)10-14;1-2/h4-10,18-19H,1-3H3;1-2H3/b13-12+;. The third-order valence-corrected chi connectivity index (χ3v) is 3.47. The molecule has 0 heterocycles. The predicted molar refractivity (Wildman–Crippen MR) is 90.5 cm³/mol. The minimum Gasteiger partial charge on any atom is -0.508 e. The second-order valence-corrected chi connectivity index (χ2v) is 4.80. The van der Waals surface area contributed by atoms with Crippen LogP contribution < -0.4 is 0 Å². The van der Waals surface area contributed by atoms with E-state index in [4.69, 9.17) is 0 Å². The highest BCUT2D eigenvalue weighted by atomic mass is 16.3. The van der Waals surface area contributed by atoms with Gasteiger partial charge in [-0.05, 0) is 72.9 Å². The number of aryl methyl sites for hydroxylation is 1. The second-order valence-electron chi connectivity index (χ2n) is 4.80. The van der Waals surface area contributed by atoms with E-state index in [1.54, 1.807) is 18.2 Å². The average molecular weight is 284 g/mol. The molecule has 0 bridgehead atoms. The lowest BCUT2D eigenvalue weighted by Crippen LogP contribution is -1.87. The molecule has 2 nitrogen and oxygen atoms in total. The van der Waals surface area contributed by atoms with Crippen molar-refractivity contribution in [3.63, 3.8) is 0 Å². The van der Waals surface area contributed by atoms with Gasteiger partial charge in [-0.2, -0.15) is 0 Å². The Kier molecular flexibility index (Phi) is 6.04. The number of hydrogen-bond donors (Lipinski definition) is 2. The van der Waals surface area contributed by atoms with Gasteiger partial charge in [0.25, 0.3) is 0 Å². The fourth-order valence-corrected chi connectivity index (χ4v) is 2.06. The summed E-state index contributed by atoms with van der Waals surface area (Å²) in [5.74, 6) is 0.582. The van der Waals surface area contributed by atoms with Crippen LogP contribution in [0.25, 0.3) is 11.1 Å². The van der Waals surface area contributed by atoms with Gasteiger partial charge in [-0.25, -0.2) is 0 Å². The molecule has 0 aliphatic carbocycles. The van der Waals surface area contributed by atoms with Gasteiger partial charge in [-0.3, -0.25) is 0 Å². The molecule has 0 spiro atoms. The van der Waals surface area contributed by atoms with Crippen molar-refractivity contribution < 1.29 is 10.2 Å². The maximum absolute atomic E-state index is 9.57. The zero-order chi connectivity index (χ0) is 16.0. The molecule has 2 rings (SSSR count). The van der Waals surface area contributed by atoms with Crippen LogP contribution in [0.4, 0.5) is 0 Å². The molecular formula is C19H24O2. The summed E-state index contributed by atoms with van der Waals surface area (Å²) in [7, 11) is 0. The van der Waals surface area contributed by atoms with Crippen LogP contribution >= 0.6 is 0 Å². The molecule has 0 unspecified atom stereocenters. The van der Waals surface area contributed by atoms with E-state index in [0.29, 0.717) is 5.75 Å². The molecule has 112 valence electrons. The van der Waals surface area contributed by atoms with Gasteiger partial charge in [0.2, 0.25) is 0 Å². The number of phenols is 2. The number of allylic oxidation sites excluding steroid dienone is 2. The molecule has 0 aliphatic rings. The van der Waals surface area contributed by atoms with Crippen LogP contribution in [0.3, 0.4) is 0 Å². The van der Waals surface area contributed by atoms with E-state index in [0.717, 1.165) is 27.8 Å². The van der Waals surface area contributed by atoms with Crippen LogP contribution in [0, 0.1) is 6.92 Å². The molecule has 0 radical (unpaired) electrons. The molecule has 2 heteroatoms. The molecule has 2 N–H and O–H groups in total. The monoisotopic (exact) mass is 284 g/mol. The molecule has 0 amide bonds. The molecule has 2 aromatic rings. The summed E-state index contributed by atoms with van der Waals surface area (Å²) in [6.07, 6.45) is 0. The van der Waals surface area contributed by atoms with Crippen molar-refractivity contribution in [1.29, 1.82) is 0 Å². The van der Waals surface area contributed by atoms with Crippen LogP contribution in [-0.4, -0.2) is 10.2 Å². The predicted octanol–water partition coefficient (Wildman–Crippen LogP) is 5.38. The van der Waals surface area contributed by atoms with Crippen LogP contribution in [-0.2, 0) is 0 Å². The van der Waals surface area contributed by atoms with Gasteiger partial charge in [0.1, 0.15) is 11.5 Å². The van der Waals surface area contributed by atoms with Gasteiger partial charge >= 0.3 is 0 Å². The molecule has 21 heavy (non-hydrogen) atoms. The number of rotatable bonds is 2. The van der Waals surface area contributed by atoms with Crippen LogP contribution in [0.2, 0.25) is 0 Å². The first kappa shape index (κ1) is 16.8. The fourth-order valence-electron chi connectivity index (χ4n) is 2.06. The molecular weight excluding hydrogens is 260 g/mol. The zero-order valence-corrected chi connectivity index (χ0v) is 13.4. The zero-order valence-electron chi connectivity index (χ0n) is 13.4. The van der Waals surface area contributed by atoms with Gasteiger partial charge in [0.05, 0.1) is 0 Å². The highest BCUT2D eigenvalue weighted by Crippen LogP contribution is 2.29. The normalized spacial score (nSPS) is 11.3. The van der Waals surface area contributed by atoms with E-state index in [2.05, 4.69) is 0 Å². The first-order valence-electron chi connectivity index (χ1n) is 7.26. The van der Waals surface area contributed by atoms with Gasteiger partial charge in [0.15, 0.2) is 0 Å². The van der Waals surface area contributed by atoms with E-state index in [-0.39, 0.29) is 5.75 Å². The summed E-state index contributed by atoms with van der Waals surface area (Å²) in [6, 6.07) is 12.8. The Balaban J connectivity index is 0.00000106. The van der Waals surface area contributed by atoms with Crippen LogP contribution in [0.1, 0.15) is 44.4 Å². The minimum absolute atomic E-state index is 0.270. The summed E-state index contributed by atoms with van der Waals surface area (Å²) >= 11 is 0. The smallest absolute Gasteiger partial charge is 0.118 e. The summed E-state index contributed by atoms with van der Waals surface area (Å²) in [5.41, 5.74) is 5.19. The third-order valence-electron chi connectivity index (χ3n) is 3.47. The quantitative estimate of drug-likeness (QED) is 0.726. The van der Waals surface area contributed by atoms with Crippen molar-refractivity contribution in [3.05, 3.63) is 59.2 Å².